The van der Waals surface area contributed by atoms with Crippen LogP contribution < -0.4 is 9.47 Å². The summed E-state index contributed by atoms with van der Waals surface area (Å²) in [6, 6.07) is 7.30. The van der Waals surface area contributed by atoms with Gasteiger partial charge in [-0.3, -0.25) is 9.88 Å². The van der Waals surface area contributed by atoms with Gasteiger partial charge in [0.1, 0.15) is 5.60 Å². The Bertz CT molecular complexity index is 1100. The van der Waals surface area contributed by atoms with Crippen LogP contribution in [0.2, 0.25) is 0 Å². The number of esters is 1. The van der Waals surface area contributed by atoms with Crippen LogP contribution >= 0.6 is 0 Å². The first-order valence-corrected chi connectivity index (χ1v) is 10.6. The summed E-state index contributed by atoms with van der Waals surface area (Å²) in [5.41, 5.74) is 0.735. The zero-order chi connectivity index (χ0) is 21.4. The molecule has 2 aliphatic heterocycles. The van der Waals surface area contributed by atoms with Crippen molar-refractivity contribution in [2.24, 2.45) is 0 Å². The van der Waals surface area contributed by atoms with E-state index in [1.54, 1.807) is 31.5 Å². The second-order valence-electron chi connectivity index (χ2n) is 8.89. The van der Waals surface area contributed by atoms with Crippen molar-refractivity contribution in [1.29, 1.82) is 0 Å². The Morgan fingerprint density at radius 2 is 2.23 bits per heavy atom. The second-order valence-corrected chi connectivity index (χ2v) is 8.89. The summed E-state index contributed by atoms with van der Waals surface area (Å²) in [6.07, 6.45) is 6.97. The molecule has 1 aromatic heterocycles. The highest BCUT2D eigenvalue weighted by atomic mass is 16.6. The zero-order valence-electron chi connectivity index (χ0n) is 17.4. The molecule has 1 aromatic carbocycles. The highest BCUT2D eigenvalue weighted by Crippen LogP contribution is 2.64. The van der Waals surface area contributed by atoms with Crippen LogP contribution in [-0.2, 0) is 16.6 Å². The third-order valence-corrected chi connectivity index (χ3v) is 7.61. The van der Waals surface area contributed by atoms with E-state index in [0.717, 1.165) is 24.1 Å². The van der Waals surface area contributed by atoms with Crippen LogP contribution in [0.15, 0.2) is 48.8 Å². The number of rotatable bonds is 3. The van der Waals surface area contributed by atoms with Crippen molar-refractivity contribution in [2.75, 3.05) is 20.7 Å². The van der Waals surface area contributed by atoms with Crippen molar-refractivity contribution in [3.8, 4) is 11.5 Å². The molecule has 1 fully saturated rings. The largest absolute Gasteiger partial charge is 0.493 e. The molecule has 3 heterocycles. The Labute approximate surface area is 180 Å². The van der Waals surface area contributed by atoms with Gasteiger partial charge in [0.15, 0.2) is 23.7 Å². The van der Waals surface area contributed by atoms with E-state index in [1.807, 2.05) is 12.1 Å². The maximum atomic E-state index is 12.8. The quantitative estimate of drug-likeness (QED) is 0.600. The lowest BCUT2D eigenvalue weighted by atomic mass is 9.50. The Morgan fingerprint density at radius 3 is 3.00 bits per heavy atom. The molecule has 6 rings (SSSR count). The highest BCUT2D eigenvalue weighted by Gasteiger charge is 2.72. The molecule has 1 spiro atoms. The van der Waals surface area contributed by atoms with Crippen LogP contribution in [0, 0.1) is 0 Å². The lowest BCUT2D eigenvalue weighted by Gasteiger charge is -2.61. The van der Waals surface area contributed by atoms with E-state index >= 15 is 0 Å². The summed E-state index contributed by atoms with van der Waals surface area (Å²) in [4.78, 5) is 19.0. The highest BCUT2D eigenvalue weighted by molar-refractivity contribution is 5.89. The molecule has 7 heteroatoms. The number of pyridine rings is 1. The summed E-state index contributed by atoms with van der Waals surface area (Å²) in [5, 5.41) is 12.1. The SMILES string of the molecule is COc1ccc2c3c1O[C@H]1[C@@H](OC(=O)c4cccnc4)C=C[C@@]4(O)[C@@H](C2)N(C)CC[C@]314. The van der Waals surface area contributed by atoms with Gasteiger partial charge in [-0.1, -0.05) is 12.1 Å². The number of aromatic nitrogens is 1. The third kappa shape index (κ3) is 2.25. The molecule has 0 saturated carbocycles. The van der Waals surface area contributed by atoms with Gasteiger partial charge in [-0.25, -0.2) is 4.79 Å². The molecule has 2 aliphatic carbocycles. The minimum Gasteiger partial charge on any atom is -0.493 e. The number of carbonyl (C=O) groups is 1. The van der Waals surface area contributed by atoms with Crippen LogP contribution in [0.3, 0.4) is 0 Å². The van der Waals surface area contributed by atoms with E-state index in [2.05, 4.69) is 23.0 Å². The Morgan fingerprint density at radius 1 is 1.35 bits per heavy atom. The van der Waals surface area contributed by atoms with Gasteiger partial charge in [0.2, 0.25) is 0 Å². The van der Waals surface area contributed by atoms with Crippen molar-refractivity contribution in [3.63, 3.8) is 0 Å². The minimum absolute atomic E-state index is 0.0783. The normalized spacial score (nSPS) is 34.6. The molecule has 2 bridgehead atoms. The molecule has 7 nitrogen and oxygen atoms in total. The van der Waals surface area contributed by atoms with Gasteiger partial charge in [0.05, 0.1) is 18.1 Å². The van der Waals surface area contributed by atoms with Crippen molar-refractivity contribution < 1.29 is 24.1 Å². The van der Waals surface area contributed by atoms with Gasteiger partial charge in [-0.2, -0.15) is 0 Å². The van der Waals surface area contributed by atoms with E-state index < -0.39 is 29.2 Å². The number of hydrogen-bond acceptors (Lipinski definition) is 7. The predicted molar refractivity (Wildman–Crippen MR) is 111 cm³/mol. The Kier molecular flexibility index (Phi) is 3.83. The number of methoxy groups -OCH3 is 1. The number of nitrogens with zero attached hydrogens (tertiary/aromatic N) is 2. The van der Waals surface area contributed by atoms with Crippen molar-refractivity contribution in [3.05, 3.63) is 65.5 Å². The summed E-state index contributed by atoms with van der Waals surface area (Å²) in [7, 11) is 3.67. The topological polar surface area (TPSA) is 81.1 Å². The molecular formula is C24H24N2O5. The van der Waals surface area contributed by atoms with Crippen LogP contribution in [0.5, 0.6) is 11.5 Å². The number of likely N-dealkylation sites (tertiary alicyclic amines) is 1. The summed E-state index contributed by atoms with van der Waals surface area (Å²) in [5.74, 6) is 0.841. The van der Waals surface area contributed by atoms with Gasteiger partial charge in [0.25, 0.3) is 0 Å². The van der Waals surface area contributed by atoms with Crippen LogP contribution in [0.25, 0.3) is 0 Å². The van der Waals surface area contributed by atoms with Crippen LogP contribution in [-0.4, -0.2) is 65.5 Å². The van der Waals surface area contributed by atoms with E-state index in [-0.39, 0.29) is 6.04 Å². The third-order valence-electron chi connectivity index (χ3n) is 7.61. The molecule has 2 aromatic rings. The predicted octanol–water partition coefficient (Wildman–Crippen LogP) is 1.88. The minimum atomic E-state index is -1.12. The van der Waals surface area contributed by atoms with Gasteiger partial charge >= 0.3 is 5.97 Å². The number of aliphatic hydroxyl groups is 1. The van der Waals surface area contributed by atoms with Gasteiger partial charge in [-0.15, -0.1) is 0 Å². The molecule has 1 N–H and O–H groups in total. The van der Waals surface area contributed by atoms with E-state index in [9.17, 15) is 9.90 Å². The molecule has 160 valence electrons. The smallest absolute Gasteiger partial charge is 0.340 e. The maximum Gasteiger partial charge on any atom is 0.340 e. The fourth-order valence-electron chi connectivity index (χ4n) is 6.19. The Hall–Kier alpha value is -2.90. The fourth-order valence-corrected chi connectivity index (χ4v) is 6.19. The zero-order valence-corrected chi connectivity index (χ0v) is 17.4. The monoisotopic (exact) mass is 420 g/mol. The van der Waals surface area contributed by atoms with Crippen molar-refractivity contribution in [2.45, 2.75) is 42.1 Å². The maximum absolute atomic E-state index is 12.8. The van der Waals surface area contributed by atoms with E-state index in [0.29, 0.717) is 23.5 Å². The summed E-state index contributed by atoms with van der Waals surface area (Å²) in [6.45, 7) is 0.819. The van der Waals surface area contributed by atoms with Gasteiger partial charge in [0, 0.05) is 24.0 Å². The van der Waals surface area contributed by atoms with Gasteiger partial charge < -0.3 is 19.3 Å². The first-order valence-electron chi connectivity index (χ1n) is 10.6. The number of ether oxygens (including phenoxy) is 3. The number of benzene rings is 1. The summed E-state index contributed by atoms with van der Waals surface area (Å²) >= 11 is 0. The molecule has 31 heavy (non-hydrogen) atoms. The molecule has 4 aliphatic rings. The van der Waals surface area contributed by atoms with Crippen molar-refractivity contribution in [1.82, 2.24) is 9.88 Å². The van der Waals surface area contributed by atoms with E-state index in [4.69, 9.17) is 14.2 Å². The standard InChI is InChI=1S/C24H24N2O5/c1-26-11-9-23-19-14-5-6-16(29-2)20(19)31-21(23)17(7-8-24(23,28)18(26)12-14)30-22(27)15-4-3-10-25-13-15/h3-8,10,13,17-18,21,28H,9,11-12H2,1-2H3/t17-,18+,21-,23-,24+/m0/s1. The second kappa shape index (κ2) is 6.31. The van der Waals surface area contributed by atoms with Crippen LogP contribution in [0.1, 0.15) is 27.9 Å². The average molecular weight is 420 g/mol. The first-order chi connectivity index (χ1) is 15.0. The van der Waals surface area contributed by atoms with E-state index in [1.165, 1.54) is 6.20 Å². The molecule has 0 unspecified atom stereocenters. The number of hydrogen-bond donors (Lipinski definition) is 1. The van der Waals surface area contributed by atoms with Crippen LogP contribution in [0.4, 0.5) is 0 Å². The Balaban J connectivity index is 1.49. The number of piperidine rings is 1. The molecular weight excluding hydrogens is 396 g/mol. The fraction of sp³-hybridized carbons (Fsp3) is 0.417. The van der Waals surface area contributed by atoms with Crippen molar-refractivity contribution >= 4 is 5.97 Å². The first kappa shape index (κ1) is 18.8. The summed E-state index contributed by atoms with van der Waals surface area (Å²) < 4.78 is 18.0. The number of carbonyl (C=O) groups excluding carboxylic acids is 1. The lowest BCUT2D eigenvalue weighted by molar-refractivity contribution is -0.152. The average Bonchev–Trinajstić information content (AvgIpc) is 3.14. The number of likely N-dealkylation sites (N-methyl/N-ethyl adjacent to an activating group) is 1. The lowest BCUT2D eigenvalue weighted by Crippen LogP contribution is -2.75. The molecule has 0 amide bonds. The molecule has 5 atom stereocenters. The molecule has 0 radical (unpaired) electrons. The molecule has 1 saturated heterocycles. The van der Waals surface area contributed by atoms with Gasteiger partial charge in [-0.05, 0) is 56.3 Å².